The van der Waals surface area contributed by atoms with Gasteiger partial charge in [-0.15, -0.1) is 0 Å². The smallest absolute Gasteiger partial charge is 0.224 e. The molecule has 0 aromatic carbocycles. The number of hydrogen-bond acceptors (Lipinski definition) is 3. The minimum absolute atomic E-state index is 0.229. The maximum absolute atomic E-state index is 11.6. The van der Waals surface area contributed by atoms with Crippen molar-refractivity contribution in [3.05, 3.63) is 0 Å². The van der Waals surface area contributed by atoms with E-state index in [1.165, 1.54) is 6.42 Å². The van der Waals surface area contributed by atoms with E-state index in [9.17, 15) is 4.79 Å². The molecule has 0 aromatic heterocycles. The molecule has 0 spiro atoms. The molecule has 0 radical (unpaired) electrons. The van der Waals surface area contributed by atoms with E-state index in [2.05, 4.69) is 0 Å². The predicted molar refractivity (Wildman–Crippen MR) is 57.7 cm³/mol. The minimum atomic E-state index is 0.229. The lowest BCUT2D eigenvalue weighted by atomic mass is 10.1. The molecular weight excluding hydrogens is 194 g/mol. The van der Waals surface area contributed by atoms with Gasteiger partial charge in [0.05, 0.1) is 26.2 Å². The molecule has 1 fully saturated rings. The van der Waals surface area contributed by atoms with E-state index in [0.717, 1.165) is 25.9 Å². The Bertz CT molecular complexity index is 179. The molecule has 0 unspecified atom stereocenters. The first-order chi connectivity index (χ1) is 7.34. The molecule has 0 aromatic rings. The van der Waals surface area contributed by atoms with Crippen molar-refractivity contribution in [1.82, 2.24) is 4.90 Å². The van der Waals surface area contributed by atoms with Crippen molar-refractivity contribution in [2.24, 2.45) is 0 Å². The van der Waals surface area contributed by atoms with E-state index in [0.29, 0.717) is 26.2 Å². The van der Waals surface area contributed by atoms with E-state index in [1.54, 1.807) is 7.11 Å². The molecule has 1 saturated heterocycles. The molecular formula is C11H21NO3. The lowest BCUT2D eigenvalue weighted by Crippen LogP contribution is -2.36. The number of piperidine rings is 1. The summed E-state index contributed by atoms with van der Waals surface area (Å²) in [4.78, 5) is 13.6. The summed E-state index contributed by atoms with van der Waals surface area (Å²) in [5, 5.41) is 0. The van der Waals surface area contributed by atoms with Gasteiger partial charge in [0.2, 0.25) is 5.91 Å². The van der Waals surface area contributed by atoms with Gasteiger partial charge in [-0.05, 0) is 19.3 Å². The molecule has 1 amide bonds. The van der Waals surface area contributed by atoms with Crippen LogP contribution >= 0.6 is 0 Å². The molecule has 0 aliphatic carbocycles. The lowest BCUT2D eigenvalue weighted by Gasteiger charge is -2.26. The fraction of sp³-hybridized carbons (Fsp3) is 0.909. The molecule has 88 valence electrons. The number of likely N-dealkylation sites (tertiary alicyclic amines) is 1. The molecule has 0 atom stereocenters. The van der Waals surface area contributed by atoms with Crippen molar-refractivity contribution in [2.45, 2.75) is 25.7 Å². The Kier molecular flexibility index (Phi) is 6.36. The van der Waals surface area contributed by atoms with Gasteiger partial charge < -0.3 is 14.4 Å². The third kappa shape index (κ3) is 5.14. The standard InChI is InChI=1S/C11H21NO3/c1-14-9-10-15-8-5-11(13)12-6-3-2-4-7-12/h2-10H2,1H3. The maximum Gasteiger partial charge on any atom is 0.224 e. The van der Waals surface area contributed by atoms with Crippen LogP contribution in [0.4, 0.5) is 0 Å². The second-order valence-corrected chi connectivity index (χ2v) is 3.80. The largest absolute Gasteiger partial charge is 0.382 e. The van der Waals surface area contributed by atoms with E-state index < -0.39 is 0 Å². The van der Waals surface area contributed by atoms with Crippen LogP contribution in [0.25, 0.3) is 0 Å². The molecule has 1 heterocycles. The number of methoxy groups -OCH3 is 1. The topological polar surface area (TPSA) is 38.8 Å². The maximum atomic E-state index is 11.6. The van der Waals surface area contributed by atoms with Gasteiger partial charge in [0.25, 0.3) is 0 Å². The fourth-order valence-electron chi connectivity index (χ4n) is 1.71. The lowest BCUT2D eigenvalue weighted by molar-refractivity contribution is -0.133. The molecule has 0 bridgehead atoms. The molecule has 4 nitrogen and oxygen atoms in total. The highest BCUT2D eigenvalue weighted by atomic mass is 16.5. The predicted octanol–water partition coefficient (Wildman–Crippen LogP) is 1.05. The summed E-state index contributed by atoms with van der Waals surface area (Å²) in [6.45, 7) is 3.54. The van der Waals surface area contributed by atoms with Gasteiger partial charge in [-0.1, -0.05) is 0 Å². The number of amides is 1. The first kappa shape index (κ1) is 12.5. The Labute approximate surface area is 91.5 Å². The van der Waals surface area contributed by atoms with Crippen LogP contribution in [0, 0.1) is 0 Å². The second kappa shape index (κ2) is 7.65. The highest BCUT2D eigenvalue weighted by Crippen LogP contribution is 2.09. The first-order valence-corrected chi connectivity index (χ1v) is 5.69. The Morgan fingerprint density at radius 3 is 2.53 bits per heavy atom. The molecule has 1 rings (SSSR count). The molecule has 1 aliphatic rings. The molecule has 15 heavy (non-hydrogen) atoms. The molecule has 4 heteroatoms. The summed E-state index contributed by atoms with van der Waals surface area (Å²) in [6, 6.07) is 0. The number of ether oxygens (including phenoxy) is 2. The fourth-order valence-corrected chi connectivity index (χ4v) is 1.71. The van der Waals surface area contributed by atoms with Crippen molar-refractivity contribution >= 4 is 5.91 Å². The summed E-state index contributed by atoms with van der Waals surface area (Å²) < 4.78 is 10.1. The zero-order valence-electron chi connectivity index (χ0n) is 9.54. The third-order valence-electron chi connectivity index (χ3n) is 2.60. The van der Waals surface area contributed by atoms with Gasteiger partial charge in [-0.2, -0.15) is 0 Å². The number of rotatable bonds is 6. The molecule has 0 saturated carbocycles. The van der Waals surface area contributed by atoms with Gasteiger partial charge in [-0.25, -0.2) is 0 Å². The minimum Gasteiger partial charge on any atom is -0.382 e. The van der Waals surface area contributed by atoms with Crippen molar-refractivity contribution in [1.29, 1.82) is 0 Å². The summed E-state index contributed by atoms with van der Waals surface area (Å²) in [5.41, 5.74) is 0. The average Bonchev–Trinajstić information content (AvgIpc) is 2.30. The van der Waals surface area contributed by atoms with Gasteiger partial charge >= 0.3 is 0 Å². The van der Waals surface area contributed by atoms with E-state index in [4.69, 9.17) is 9.47 Å². The zero-order chi connectivity index (χ0) is 10.9. The van der Waals surface area contributed by atoms with Crippen molar-refractivity contribution < 1.29 is 14.3 Å². The van der Waals surface area contributed by atoms with Crippen LogP contribution in [0.2, 0.25) is 0 Å². The van der Waals surface area contributed by atoms with Gasteiger partial charge in [-0.3, -0.25) is 4.79 Å². The van der Waals surface area contributed by atoms with Crippen LogP contribution < -0.4 is 0 Å². The highest BCUT2D eigenvalue weighted by molar-refractivity contribution is 5.76. The van der Waals surface area contributed by atoms with Crippen molar-refractivity contribution in [2.75, 3.05) is 40.0 Å². The monoisotopic (exact) mass is 215 g/mol. The Balaban J connectivity index is 2.02. The third-order valence-corrected chi connectivity index (χ3v) is 2.60. The SMILES string of the molecule is COCCOCCC(=O)N1CCCCC1. The van der Waals surface area contributed by atoms with Crippen LogP contribution in [-0.2, 0) is 14.3 Å². The van der Waals surface area contributed by atoms with Gasteiger partial charge in [0.1, 0.15) is 0 Å². The van der Waals surface area contributed by atoms with Gasteiger partial charge in [0.15, 0.2) is 0 Å². The summed E-state index contributed by atoms with van der Waals surface area (Å²) in [5.74, 6) is 0.229. The van der Waals surface area contributed by atoms with E-state index >= 15 is 0 Å². The zero-order valence-corrected chi connectivity index (χ0v) is 9.54. The molecule has 1 aliphatic heterocycles. The Hall–Kier alpha value is -0.610. The Morgan fingerprint density at radius 1 is 1.13 bits per heavy atom. The number of hydrogen-bond donors (Lipinski definition) is 0. The van der Waals surface area contributed by atoms with Crippen molar-refractivity contribution in [3.8, 4) is 0 Å². The summed E-state index contributed by atoms with van der Waals surface area (Å²) >= 11 is 0. The van der Waals surface area contributed by atoms with E-state index in [1.807, 2.05) is 4.90 Å². The summed E-state index contributed by atoms with van der Waals surface area (Å²) in [6.07, 6.45) is 4.06. The average molecular weight is 215 g/mol. The number of nitrogens with zero attached hydrogens (tertiary/aromatic N) is 1. The summed E-state index contributed by atoms with van der Waals surface area (Å²) in [7, 11) is 1.64. The van der Waals surface area contributed by atoms with Crippen LogP contribution in [0.1, 0.15) is 25.7 Å². The molecule has 0 N–H and O–H groups in total. The van der Waals surface area contributed by atoms with Crippen LogP contribution in [0.5, 0.6) is 0 Å². The van der Waals surface area contributed by atoms with Crippen molar-refractivity contribution in [3.63, 3.8) is 0 Å². The van der Waals surface area contributed by atoms with Crippen LogP contribution in [0.15, 0.2) is 0 Å². The second-order valence-electron chi connectivity index (χ2n) is 3.80. The van der Waals surface area contributed by atoms with Crippen LogP contribution in [0.3, 0.4) is 0 Å². The Morgan fingerprint density at radius 2 is 1.87 bits per heavy atom. The van der Waals surface area contributed by atoms with Crippen LogP contribution in [-0.4, -0.2) is 50.8 Å². The highest BCUT2D eigenvalue weighted by Gasteiger charge is 2.15. The quantitative estimate of drug-likeness (QED) is 0.622. The normalized spacial score (nSPS) is 16.7. The first-order valence-electron chi connectivity index (χ1n) is 5.69. The number of carbonyl (C=O) groups excluding carboxylic acids is 1. The van der Waals surface area contributed by atoms with Gasteiger partial charge in [0, 0.05) is 20.2 Å². The van der Waals surface area contributed by atoms with E-state index in [-0.39, 0.29) is 5.91 Å². The number of carbonyl (C=O) groups is 1.